The van der Waals surface area contributed by atoms with Crippen LogP contribution in [0.2, 0.25) is 0 Å². The first-order valence-electron chi connectivity index (χ1n) is 6.69. The molecule has 0 saturated carbocycles. The van der Waals surface area contributed by atoms with Crippen molar-refractivity contribution in [3.63, 3.8) is 0 Å². The molecule has 1 amide bonds. The Kier molecular flexibility index (Phi) is 4.88. The molecule has 1 aromatic rings. The highest BCUT2D eigenvalue weighted by molar-refractivity contribution is 5.74. The van der Waals surface area contributed by atoms with Crippen LogP contribution in [0.1, 0.15) is 25.7 Å². The van der Waals surface area contributed by atoms with Crippen LogP contribution in [-0.4, -0.2) is 40.5 Å². The number of piperidine rings is 1. The molecule has 9 heteroatoms. The first kappa shape index (κ1) is 14.3. The van der Waals surface area contributed by atoms with Gasteiger partial charge in [0, 0.05) is 26.1 Å². The Hall–Kier alpha value is -2.16. The van der Waals surface area contributed by atoms with Gasteiger partial charge in [-0.05, 0) is 19.3 Å². The number of anilines is 3. The molecule has 1 aliphatic heterocycles. The molecule has 2 rings (SSSR count). The molecular formula is C11H20N8O. The van der Waals surface area contributed by atoms with Crippen molar-refractivity contribution in [3.8, 4) is 0 Å². The zero-order chi connectivity index (χ0) is 14.4. The van der Waals surface area contributed by atoms with Crippen LogP contribution >= 0.6 is 0 Å². The first-order valence-corrected chi connectivity index (χ1v) is 6.69. The van der Waals surface area contributed by atoms with Gasteiger partial charge in [0.1, 0.15) is 0 Å². The second kappa shape index (κ2) is 6.85. The number of hydrogen-bond donors (Lipinski definition) is 4. The first-order chi connectivity index (χ1) is 9.69. The zero-order valence-electron chi connectivity index (χ0n) is 11.3. The predicted octanol–water partition coefficient (Wildman–Crippen LogP) is -0.565. The van der Waals surface area contributed by atoms with Crippen molar-refractivity contribution < 1.29 is 4.79 Å². The number of carbonyl (C=O) groups is 1. The summed E-state index contributed by atoms with van der Waals surface area (Å²) in [6.07, 6.45) is 3.70. The minimum absolute atomic E-state index is 0.218. The summed E-state index contributed by atoms with van der Waals surface area (Å²) < 4.78 is 0. The van der Waals surface area contributed by atoms with Gasteiger partial charge < -0.3 is 16.0 Å². The molecular weight excluding hydrogens is 260 g/mol. The predicted molar refractivity (Wildman–Crippen MR) is 76.0 cm³/mol. The van der Waals surface area contributed by atoms with Crippen LogP contribution in [0.5, 0.6) is 0 Å². The maximum atomic E-state index is 10.7. The lowest BCUT2D eigenvalue weighted by atomic mass is 10.1. The van der Waals surface area contributed by atoms with E-state index in [0.29, 0.717) is 24.4 Å². The lowest BCUT2D eigenvalue weighted by molar-refractivity contribution is -0.117. The Balaban J connectivity index is 2.08. The monoisotopic (exact) mass is 280 g/mol. The van der Waals surface area contributed by atoms with Crippen LogP contribution in [0.3, 0.4) is 0 Å². The number of rotatable bonds is 6. The molecule has 0 unspecified atom stereocenters. The minimum Gasteiger partial charge on any atom is -0.370 e. The molecule has 1 aliphatic rings. The summed E-state index contributed by atoms with van der Waals surface area (Å²) in [5.41, 5.74) is 7.51. The zero-order valence-corrected chi connectivity index (χ0v) is 11.3. The summed E-state index contributed by atoms with van der Waals surface area (Å²) in [6.45, 7) is 2.23. The molecule has 1 fully saturated rings. The summed E-state index contributed by atoms with van der Waals surface area (Å²) in [5, 5.41) is 2.94. The second-order valence-electron chi connectivity index (χ2n) is 4.62. The van der Waals surface area contributed by atoms with Crippen LogP contribution in [0.25, 0.3) is 0 Å². The van der Waals surface area contributed by atoms with Crippen molar-refractivity contribution in [1.82, 2.24) is 15.0 Å². The minimum atomic E-state index is -0.375. The van der Waals surface area contributed by atoms with Crippen LogP contribution in [-0.2, 0) is 4.79 Å². The number of carbonyl (C=O) groups excluding carboxylic acids is 1. The van der Waals surface area contributed by atoms with Crippen LogP contribution in [0.15, 0.2) is 0 Å². The number of nitrogens with two attached hydrogens (primary N) is 2. The Bertz CT molecular complexity index is 460. The van der Waals surface area contributed by atoms with Crippen molar-refractivity contribution in [2.45, 2.75) is 25.7 Å². The van der Waals surface area contributed by atoms with Crippen LogP contribution in [0.4, 0.5) is 17.8 Å². The van der Waals surface area contributed by atoms with E-state index in [2.05, 4.69) is 30.6 Å². The quantitative estimate of drug-likeness (QED) is 0.402. The Morgan fingerprint density at radius 3 is 2.50 bits per heavy atom. The standard InChI is InChI=1S/C11H20N8O/c12-8(20)4-5-14-9-15-10(18-13)17-11(16-9)19-6-2-1-3-7-19/h1-7,13H2,(H2,12,20)(H2,14,15,16,17,18). The van der Waals surface area contributed by atoms with Crippen molar-refractivity contribution in [3.05, 3.63) is 0 Å². The summed E-state index contributed by atoms with van der Waals surface area (Å²) in [4.78, 5) is 25.5. The van der Waals surface area contributed by atoms with Gasteiger partial charge in [0.15, 0.2) is 0 Å². The lowest BCUT2D eigenvalue weighted by Gasteiger charge is -2.26. The molecule has 110 valence electrons. The number of nitrogen functional groups attached to an aromatic ring is 1. The molecule has 0 aliphatic carbocycles. The molecule has 0 atom stereocenters. The fraction of sp³-hybridized carbons (Fsp3) is 0.636. The van der Waals surface area contributed by atoms with Crippen molar-refractivity contribution in [1.29, 1.82) is 0 Å². The topological polar surface area (TPSA) is 135 Å². The number of nitrogens with one attached hydrogen (secondary N) is 2. The van der Waals surface area contributed by atoms with Crippen molar-refractivity contribution >= 4 is 23.8 Å². The third-order valence-electron chi connectivity index (χ3n) is 3.05. The smallest absolute Gasteiger partial charge is 0.243 e. The highest BCUT2D eigenvalue weighted by atomic mass is 16.1. The molecule has 0 bridgehead atoms. The summed E-state index contributed by atoms with van der Waals surface area (Å²) in [7, 11) is 0. The number of primary amides is 1. The fourth-order valence-electron chi connectivity index (χ4n) is 2.04. The van der Waals surface area contributed by atoms with Gasteiger partial charge >= 0.3 is 0 Å². The van der Waals surface area contributed by atoms with Gasteiger partial charge in [0.05, 0.1) is 0 Å². The number of hydrazine groups is 1. The Labute approximate surface area is 117 Å². The van der Waals surface area contributed by atoms with Crippen LogP contribution < -0.4 is 27.2 Å². The average molecular weight is 280 g/mol. The number of hydrogen-bond acceptors (Lipinski definition) is 8. The SMILES string of the molecule is NNc1nc(NCCC(N)=O)nc(N2CCCCC2)n1. The molecule has 2 heterocycles. The molecule has 1 saturated heterocycles. The number of aromatic nitrogens is 3. The van der Waals surface area contributed by atoms with Gasteiger partial charge in [-0.2, -0.15) is 15.0 Å². The van der Waals surface area contributed by atoms with E-state index >= 15 is 0 Å². The van der Waals surface area contributed by atoms with Gasteiger partial charge in [-0.3, -0.25) is 10.2 Å². The highest BCUT2D eigenvalue weighted by Gasteiger charge is 2.15. The summed E-state index contributed by atoms with van der Waals surface area (Å²) in [6, 6.07) is 0. The molecule has 0 spiro atoms. The van der Waals surface area contributed by atoms with E-state index in [-0.39, 0.29) is 12.3 Å². The van der Waals surface area contributed by atoms with Gasteiger partial charge in [0.25, 0.3) is 0 Å². The van der Waals surface area contributed by atoms with Gasteiger partial charge in [-0.15, -0.1) is 0 Å². The van der Waals surface area contributed by atoms with Gasteiger partial charge in [-0.1, -0.05) is 0 Å². The lowest BCUT2D eigenvalue weighted by Crippen LogP contribution is -2.32. The van der Waals surface area contributed by atoms with E-state index in [1.54, 1.807) is 0 Å². The van der Waals surface area contributed by atoms with Crippen molar-refractivity contribution in [2.24, 2.45) is 11.6 Å². The Morgan fingerprint density at radius 1 is 1.15 bits per heavy atom. The third-order valence-corrected chi connectivity index (χ3v) is 3.05. The summed E-state index contributed by atoms with van der Waals surface area (Å²) >= 11 is 0. The highest BCUT2D eigenvalue weighted by Crippen LogP contribution is 2.18. The normalized spacial score (nSPS) is 14.9. The fourth-order valence-corrected chi connectivity index (χ4v) is 2.04. The van der Waals surface area contributed by atoms with E-state index in [9.17, 15) is 4.79 Å². The van der Waals surface area contributed by atoms with Crippen LogP contribution in [0, 0.1) is 0 Å². The van der Waals surface area contributed by atoms with E-state index in [0.717, 1.165) is 25.9 Å². The molecule has 0 aromatic carbocycles. The molecule has 9 nitrogen and oxygen atoms in total. The third kappa shape index (κ3) is 3.92. The van der Waals surface area contributed by atoms with Gasteiger partial charge in [0.2, 0.25) is 23.8 Å². The summed E-state index contributed by atoms with van der Waals surface area (Å²) in [5.74, 6) is 6.27. The second-order valence-corrected chi connectivity index (χ2v) is 4.62. The average Bonchev–Trinajstić information content (AvgIpc) is 2.47. The largest absolute Gasteiger partial charge is 0.370 e. The molecule has 20 heavy (non-hydrogen) atoms. The van der Waals surface area contributed by atoms with E-state index < -0.39 is 0 Å². The molecule has 0 radical (unpaired) electrons. The van der Waals surface area contributed by atoms with Crippen molar-refractivity contribution in [2.75, 3.05) is 35.3 Å². The van der Waals surface area contributed by atoms with Gasteiger partial charge in [-0.25, -0.2) is 5.84 Å². The maximum absolute atomic E-state index is 10.7. The van der Waals surface area contributed by atoms with E-state index in [1.807, 2.05) is 0 Å². The Morgan fingerprint density at radius 2 is 1.85 bits per heavy atom. The van der Waals surface area contributed by atoms with E-state index in [1.165, 1.54) is 6.42 Å². The van der Waals surface area contributed by atoms with E-state index in [4.69, 9.17) is 11.6 Å². The number of amides is 1. The molecule has 6 N–H and O–H groups in total. The molecule has 1 aromatic heterocycles. The number of nitrogens with zero attached hydrogens (tertiary/aromatic N) is 4. The maximum Gasteiger partial charge on any atom is 0.243 e.